The number of carbonyl (C=O) groups is 1. The van der Waals surface area contributed by atoms with Gasteiger partial charge in [0.25, 0.3) is 0 Å². The molecule has 3 rings (SSSR count). The lowest BCUT2D eigenvalue weighted by atomic mass is 9.91. The Kier molecular flexibility index (Phi) is 2.84. The molecule has 0 heterocycles. The number of hydrogen-bond acceptors (Lipinski definition) is 4. The molecule has 1 unspecified atom stereocenters. The summed E-state index contributed by atoms with van der Waals surface area (Å²) in [4.78, 5) is 11.3. The molecule has 0 bridgehead atoms. The van der Waals surface area contributed by atoms with E-state index >= 15 is 0 Å². The van der Waals surface area contributed by atoms with Gasteiger partial charge >= 0.3 is 15.4 Å². The normalized spacial score (nSPS) is 17.1. The maximum Gasteiger partial charge on any atom is 0.452 e. The second-order valence-corrected chi connectivity index (χ2v) is 5.70. The lowest BCUT2D eigenvalue weighted by Crippen LogP contribution is -2.18. The predicted octanol–water partition coefficient (Wildman–Crippen LogP) is 2.93. The zero-order valence-corrected chi connectivity index (χ0v) is 11.0. The van der Waals surface area contributed by atoms with Crippen LogP contribution in [0.4, 0.5) is 4.79 Å². The Balaban J connectivity index is 2.09. The zero-order chi connectivity index (χ0) is 14.3. The van der Waals surface area contributed by atoms with Gasteiger partial charge in [-0.2, -0.15) is 8.42 Å². The minimum Gasteiger partial charge on any atom is -0.440 e. The highest BCUT2D eigenvalue weighted by Crippen LogP contribution is 2.35. The van der Waals surface area contributed by atoms with E-state index in [0.717, 1.165) is 16.3 Å². The fraction of sp³-hybridized carbons (Fsp3) is 0.0714. The molecule has 1 atom stereocenters. The van der Waals surface area contributed by atoms with Gasteiger partial charge in [-0.1, -0.05) is 42.5 Å². The third kappa shape index (κ3) is 2.09. The van der Waals surface area contributed by atoms with Crippen molar-refractivity contribution in [2.75, 3.05) is 0 Å². The number of benzene rings is 2. The SMILES string of the molecule is O=C(OC1C=Cc2cccc3cccc1c23)S(=O)(=O)O. The second-order valence-electron chi connectivity index (χ2n) is 4.42. The summed E-state index contributed by atoms with van der Waals surface area (Å²) in [6.07, 6.45) is 2.51. The molecule has 1 aliphatic carbocycles. The molecule has 0 aromatic heterocycles. The Morgan fingerprint density at radius 3 is 2.55 bits per heavy atom. The van der Waals surface area contributed by atoms with Crippen molar-refractivity contribution in [1.82, 2.24) is 0 Å². The van der Waals surface area contributed by atoms with Crippen LogP contribution in [0.3, 0.4) is 0 Å². The first-order valence-electron chi connectivity index (χ1n) is 5.85. The van der Waals surface area contributed by atoms with Gasteiger partial charge in [-0.25, -0.2) is 4.79 Å². The summed E-state index contributed by atoms with van der Waals surface area (Å²) in [6, 6.07) is 11.2. The van der Waals surface area contributed by atoms with Crippen LogP contribution >= 0.6 is 0 Å². The average Bonchev–Trinajstić information content (AvgIpc) is 2.41. The molecule has 102 valence electrons. The van der Waals surface area contributed by atoms with Crippen LogP contribution in [0.1, 0.15) is 17.2 Å². The van der Waals surface area contributed by atoms with Crippen LogP contribution in [0.5, 0.6) is 0 Å². The smallest absolute Gasteiger partial charge is 0.440 e. The predicted molar refractivity (Wildman–Crippen MR) is 73.8 cm³/mol. The number of hydrogen-bond donors (Lipinski definition) is 1. The molecule has 2 aromatic rings. The van der Waals surface area contributed by atoms with Crippen molar-refractivity contribution < 1.29 is 22.5 Å². The van der Waals surface area contributed by atoms with Crippen LogP contribution < -0.4 is 0 Å². The molecule has 1 N–H and O–H groups in total. The van der Waals surface area contributed by atoms with E-state index in [9.17, 15) is 13.2 Å². The molecule has 0 spiro atoms. The summed E-state index contributed by atoms with van der Waals surface area (Å²) < 4.78 is 35.0. The van der Waals surface area contributed by atoms with Gasteiger partial charge in [0, 0.05) is 5.56 Å². The summed E-state index contributed by atoms with van der Waals surface area (Å²) >= 11 is 0. The van der Waals surface area contributed by atoms with E-state index in [0.29, 0.717) is 5.56 Å². The maximum absolute atomic E-state index is 11.3. The standard InChI is InChI=1S/C14H10O5S/c15-14(20(16,17)18)19-12-8-7-10-4-1-3-9-5-2-6-11(12)13(9)10/h1-8,12H,(H,16,17,18). The summed E-state index contributed by atoms with van der Waals surface area (Å²) in [6.45, 7) is 0. The fourth-order valence-corrected chi connectivity index (χ4v) is 2.56. The van der Waals surface area contributed by atoms with Crippen LogP contribution in [0, 0.1) is 0 Å². The van der Waals surface area contributed by atoms with E-state index in [1.807, 2.05) is 24.3 Å². The van der Waals surface area contributed by atoms with Gasteiger partial charge < -0.3 is 4.74 Å². The molecule has 0 fully saturated rings. The van der Waals surface area contributed by atoms with Crippen molar-refractivity contribution in [3.63, 3.8) is 0 Å². The van der Waals surface area contributed by atoms with Gasteiger partial charge in [0.15, 0.2) is 0 Å². The zero-order valence-electron chi connectivity index (χ0n) is 10.2. The van der Waals surface area contributed by atoms with Gasteiger partial charge in [-0.15, -0.1) is 0 Å². The van der Waals surface area contributed by atoms with Crippen LogP contribution in [0.2, 0.25) is 0 Å². The van der Waals surface area contributed by atoms with Gasteiger partial charge in [0.1, 0.15) is 6.10 Å². The minimum atomic E-state index is -4.84. The highest BCUT2D eigenvalue weighted by atomic mass is 32.2. The van der Waals surface area contributed by atoms with Crippen LogP contribution in [0.15, 0.2) is 42.5 Å². The summed E-state index contributed by atoms with van der Waals surface area (Å²) in [5, 5.41) is 0.228. The van der Waals surface area contributed by atoms with Crippen LogP contribution in [0.25, 0.3) is 16.8 Å². The van der Waals surface area contributed by atoms with Crippen molar-refractivity contribution in [2.45, 2.75) is 6.10 Å². The molecule has 5 nitrogen and oxygen atoms in total. The Hall–Kier alpha value is -2.18. The van der Waals surface area contributed by atoms with E-state index in [1.165, 1.54) is 0 Å². The Bertz CT molecular complexity index is 831. The summed E-state index contributed by atoms with van der Waals surface area (Å²) in [5.74, 6) is 0. The first-order valence-corrected chi connectivity index (χ1v) is 7.29. The molecular weight excluding hydrogens is 280 g/mol. The fourth-order valence-electron chi connectivity index (χ4n) is 2.34. The minimum absolute atomic E-state index is 0.692. The van der Waals surface area contributed by atoms with Crippen molar-refractivity contribution >= 4 is 32.3 Å². The van der Waals surface area contributed by atoms with E-state index in [4.69, 9.17) is 9.29 Å². The van der Waals surface area contributed by atoms with Crippen LogP contribution in [-0.4, -0.2) is 18.3 Å². The summed E-state index contributed by atoms with van der Waals surface area (Å²) in [7, 11) is -4.84. The number of ether oxygens (including phenoxy) is 1. The lowest BCUT2D eigenvalue weighted by Gasteiger charge is -2.20. The average molecular weight is 290 g/mol. The maximum atomic E-state index is 11.3. The molecule has 0 radical (unpaired) electrons. The molecule has 0 saturated carbocycles. The topological polar surface area (TPSA) is 80.7 Å². The Labute approximate surface area is 115 Å². The van der Waals surface area contributed by atoms with E-state index in [2.05, 4.69) is 0 Å². The van der Waals surface area contributed by atoms with Crippen molar-refractivity contribution in [3.8, 4) is 0 Å². The highest BCUT2D eigenvalue weighted by molar-refractivity contribution is 8.00. The third-order valence-electron chi connectivity index (χ3n) is 3.16. The highest BCUT2D eigenvalue weighted by Gasteiger charge is 2.27. The van der Waals surface area contributed by atoms with Crippen molar-refractivity contribution in [1.29, 1.82) is 0 Å². The first kappa shape index (κ1) is 12.8. The summed E-state index contributed by atoms with van der Waals surface area (Å²) in [5.41, 5.74) is 1.66. The molecule has 20 heavy (non-hydrogen) atoms. The van der Waals surface area contributed by atoms with E-state index in [-0.39, 0.29) is 0 Å². The Morgan fingerprint density at radius 1 is 1.15 bits per heavy atom. The second kappa shape index (κ2) is 4.43. The van der Waals surface area contributed by atoms with Gasteiger partial charge in [-0.05, 0) is 22.4 Å². The monoisotopic (exact) mass is 290 g/mol. The number of rotatable bonds is 1. The number of carbonyl (C=O) groups excluding carboxylic acids is 1. The quantitative estimate of drug-likeness (QED) is 0.645. The van der Waals surface area contributed by atoms with E-state index < -0.39 is 21.5 Å². The van der Waals surface area contributed by atoms with Gasteiger partial charge in [-0.3, -0.25) is 4.55 Å². The molecule has 0 aliphatic heterocycles. The lowest BCUT2D eigenvalue weighted by molar-refractivity contribution is 0.143. The first-order chi connectivity index (χ1) is 9.47. The van der Waals surface area contributed by atoms with E-state index in [1.54, 1.807) is 24.3 Å². The van der Waals surface area contributed by atoms with Crippen LogP contribution in [-0.2, 0) is 14.9 Å². The van der Waals surface area contributed by atoms with Gasteiger partial charge in [0.05, 0.1) is 0 Å². The molecule has 0 amide bonds. The third-order valence-corrected chi connectivity index (χ3v) is 3.68. The van der Waals surface area contributed by atoms with Gasteiger partial charge in [0.2, 0.25) is 0 Å². The molecular formula is C14H10O5S. The largest absolute Gasteiger partial charge is 0.452 e. The molecule has 6 heteroatoms. The molecule has 0 saturated heterocycles. The van der Waals surface area contributed by atoms with Crippen molar-refractivity contribution in [3.05, 3.63) is 53.6 Å². The molecule has 1 aliphatic rings. The molecule has 2 aromatic carbocycles. The van der Waals surface area contributed by atoms with Crippen molar-refractivity contribution in [2.24, 2.45) is 0 Å². The Morgan fingerprint density at radius 2 is 1.85 bits per heavy atom.